The smallest absolute Gasteiger partial charge is 0.192 e. The first kappa shape index (κ1) is 9.64. The quantitative estimate of drug-likeness (QED) is 0.756. The minimum absolute atomic E-state index is 0.115. The molecule has 5 heteroatoms. The van der Waals surface area contributed by atoms with Crippen LogP contribution in [0.2, 0.25) is 0 Å². The maximum Gasteiger partial charge on any atom is 0.192 e. The molecule has 2 aromatic rings. The van der Waals surface area contributed by atoms with Crippen molar-refractivity contribution >= 4 is 5.82 Å². The largest absolute Gasteiger partial charge is 0.380 e. The van der Waals surface area contributed by atoms with Gasteiger partial charge in [-0.2, -0.15) is 5.10 Å². The average molecular weight is 209 g/mol. The van der Waals surface area contributed by atoms with Crippen LogP contribution in [0.15, 0.2) is 18.2 Å². The number of nitrogens with zero attached hydrogens (tertiary/aromatic N) is 1. The Bertz CT molecular complexity index is 505. The van der Waals surface area contributed by atoms with Crippen molar-refractivity contribution in [3.63, 3.8) is 0 Å². The zero-order valence-corrected chi connectivity index (χ0v) is 8.01. The van der Waals surface area contributed by atoms with Crippen LogP contribution < -0.4 is 5.73 Å². The average Bonchev–Trinajstić information content (AvgIpc) is 2.53. The number of halogens is 2. The molecule has 1 heterocycles. The molecule has 0 saturated heterocycles. The zero-order valence-electron chi connectivity index (χ0n) is 8.01. The molecule has 3 nitrogen and oxygen atoms in total. The van der Waals surface area contributed by atoms with Gasteiger partial charge < -0.3 is 5.73 Å². The lowest BCUT2D eigenvalue weighted by atomic mass is 10.1. The summed E-state index contributed by atoms with van der Waals surface area (Å²) < 4.78 is 26.6. The van der Waals surface area contributed by atoms with Crippen molar-refractivity contribution in [2.24, 2.45) is 0 Å². The molecule has 0 aliphatic carbocycles. The van der Waals surface area contributed by atoms with E-state index in [1.165, 1.54) is 12.1 Å². The summed E-state index contributed by atoms with van der Waals surface area (Å²) in [5.41, 5.74) is 6.16. The summed E-state index contributed by atoms with van der Waals surface area (Å²) >= 11 is 0. The normalized spacial score (nSPS) is 10.6. The van der Waals surface area contributed by atoms with Crippen molar-refractivity contribution in [3.05, 3.63) is 35.4 Å². The fraction of sp³-hybridized carbons (Fsp3) is 0.100. The summed E-state index contributed by atoms with van der Waals surface area (Å²) in [5, 5.41) is 5.96. The lowest BCUT2D eigenvalue weighted by Gasteiger charge is -2.03. The molecule has 0 bridgehead atoms. The van der Waals surface area contributed by atoms with Crippen molar-refractivity contribution in [1.82, 2.24) is 10.2 Å². The molecule has 78 valence electrons. The van der Waals surface area contributed by atoms with Crippen LogP contribution in [-0.2, 0) is 0 Å². The standard InChI is InChI=1S/C10H9F2N3/c1-5-6(3-2-4-7(5)11)9-8(12)10(13)15-14-9/h2-4H,1H3,(H3,13,14,15). The molecule has 0 spiro atoms. The highest BCUT2D eigenvalue weighted by atomic mass is 19.1. The Labute approximate surface area is 84.9 Å². The second-order valence-corrected chi connectivity index (χ2v) is 3.21. The lowest BCUT2D eigenvalue weighted by molar-refractivity contribution is 0.617. The van der Waals surface area contributed by atoms with Crippen LogP contribution in [0.4, 0.5) is 14.6 Å². The van der Waals surface area contributed by atoms with E-state index < -0.39 is 5.82 Å². The number of rotatable bonds is 1. The van der Waals surface area contributed by atoms with Gasteiger partial charge in [0, 0.05) is 5.56 Å². The number of nitrogens with two attached hydrogens (primary N) is 1. The topological polar surface area (TPSA) is 54.7 Å². The molecule has 1 aromatic heterocycles. The van der Waals surface area contributed by atoms with E-state index >= 15 is 0 Å². The highest BCUT2D eigenvalue weighted by molar-refractivity contribution is 5.66. The van der Waals surface area contributed by atoms with E-state index in [4.69, 9.17) is 5.73 Å². The maximum atomic E-state index is 13.4. The number of hydrogen-bond acceptors (Lipinski definition) is 2. The third-order valence-electron chi connectivity index (χ3n) is 2.27. The molecular formula is C10H9F2N3. The van der Waals surface area contributed by atoms with Gasteiger partial charge in [0.2, 0.25) is 0 Å². The molecule has 0 aliphatic heterocycles. The Morgan fingerprint density at radius 3 is 2.67 bits per heavy atom. The molecule has 3 N–H and O–H groups in total. The number of hydrogen-bond donors (Lipinski definition) is 2. The van der Waals surface area contributed by atoms with E-state index in [-0.39, 0.29) is 17.3 Å². The van der Waals surface area contributed by atoms with Gasteiger partial charge in [0.25, 0.3) is 0 Å². The second kappa shape index (κ2) is 3.34. The molecule has 0 radical (unpaired) electrons. The van der Waals surface area contributed by atoms with Gasteiger partial charge in [-0.3, -0.25) is 5.10 Å². The van der Waals surface area contributed by atoms with Crippen LogP contribution in [0.25, 0.3) is 11.3 Å². The number of aromatic amines is 1. The molecule has 0 amide bonds. The third-order valence-corrected chi connectivity index (χ3v) is 2.27. The summed E-state index contributed by atoms with van der Waals surface area (Å²) in [6, 6.07) is 4.43. The van der Waals surface area contributed by atoms with E-state index in [1.54, 1.807) is 13.0 Å². The van der Waals surface area contributed by atoms with Crippen LogP contribution >= 0.6 is 0 Å². The predicted molar refractivity (Wildman–Crippen MR) is 53.1 cm³/mol. The zero-order chi connectivity index (χ0) is 11.0. The Balaban J connectivity index is 2.64. The summed E-state index contributed by atoms with van der Waals surface area (Å²) in [6.07, 6.45) is 0. The number of anilines is 1. The molecule has 0 saturated carbocycles. The fourth-order valence-electron chi connectivity index (χ4n) is 1.40. The molecular weight excluding hydrogens is 200 g/mol. The van der Waals surface area contributed by atoms with Crippen molar-refractivity contribution < 1.29 is 8.78 Å². The van der Waals surface area contributed by atoms with Gasteiger partial charge in [-0.05, 0) is 18.6 Å². The Kier molecular flexibility index (Phi) is 2.15. The number of benzene rings is 1. The van der Waals surface area contributed by atoms with Gasteiger partial charge >= 0.3 is 0 Å². The van der Waals surface area contributed by atoms with Gasteiger partial charge in [-0.1, -0.05) is 12.1 Å². The number of nitrogen functional groups attached to an aromatic ring is 1. The Morgan fingerprint density at radius 1 is 1.33 bits per heavy atom. The third kappa shape index (κ3) is 1.45. The van der Waals surface area contributed by atoms with Crippen molar-refractivity contribution in [3.8, 4) is 11.3 Å². The van der Waals surface area contributed by atoms with E-state index in [1.807, 2.05) is 0 Å². The summed E-state index contributed by atoms with van der Waals surface area (Å²) in [6.45, 7) is 1.57. The highest BCUT2D eigenvalue weighted by Crippen LogP contribution is 2.27. The van der Waals surface area contributed by atoms with Crippen molar-refractivity contribution in [2.45, 2.75) is 6.92 Å². The molecule has 0 aliphatic rings. The van der Waals surface area contributed by atoms with Crippen LogP contribution in [0, 0.1) is 18.6 Å². The first-order chi connectivity index (χ1) is 7.11. The first-order valence-corrected chi connectivity index (χ1v) is 4.36. The van der Waals surface area contributed by atoms with Crippen molar-refractivity contribution in [2.75, 3.05) is 5.73 Å². The van der Waals surface area contributed by atoms with Crippen LogP contribution in [0.5, 0.6) is 0 Å². The molecule has 0 unspecified atom stereocenters. The summed E-state index contributed by atoms with van der Waals surface area (Å²) in [7, 11) is 0. The van der Waals surface area contributed by atoms with Crippen molar-refractivity contribution in [1.29, 1.82) is 0 Å². The van der Waals surface area contributed by atoms with E-state index in [0.29, 0.717) is 11.1 Å². The van der Waals surface area contributed by atoms with Gasteiger partial charge in [-0.25, -0.2) is 8.78 Å². The minimum atomic E-state index is -0.649. The molecule has 2 rings (SSSR count). The highest BCUT2D eigenvalue weighted by Gasteiger charge is 2.15. The maximum absolute atomic E-state index is 13.4. The van der Waals surface area contributed by atoms with Crippen LogP contribution in [0.3, 0.4) is 0 Å². The number of aromatic nitrogens is 2. The summed E-state index contributed by atoms with van der Waals surface area (Å²) in [5.74, 6) is -1.25. The Hall–Kier alpha value is -1.91. The molecule has 1 aromatic carbocycles. The van der Waals surface area contributed by atoms with Crippen LogP contribution in [0.1, 0.15) is 5.56 Å². The second-order valence-electron chi connectivity index (χ2n) is 3.21. The summed E-state index contributed by atoms with van der Waals surface area (Å²) in [4.78, 5) is 0. The van der Waals surface area contributed by atoms with E-state index in [2.05, 4.69) is 10.2 Å². The molecule has 15 heavy (non-hydrogen) atoms. The lowest BCUT2D eigenvalue weighted by Crippen LogP contribution is -1.91. The van der Waals surface area contributed by atoms with Crippen LogP contribution in [-0.4, -0.2) is 10.2 Å². The number of H-pyrrole nitrogens is 1. The van der Waals surface area contributed by atoms with Gasteiger partial charge in [0.05, 0.1) is 0 Å². The van der Waals surface area contributed by atoms with Gasteiger partial charge in [0.15, 0.2) is 11.6 Å². The number of nitrogens with one attached hydrogen (secondary N) is 1. The Morgan fingerprint density at radius 2 is 2.07 bits per heavy atom. The monoisotopic (exact) mass is 209 g/mol. The van der Waals surface area contributed by atoms with E-state index in [9.17, 15) is 8.78 Å². The van der Waals surface area contributed by atoms with Gasteiger partial charge in [0.1, 0.15) is 11.5 Å². The SMILES string of the molecule is Cc1c(F)cccc1-c1[nH]nc(N)c1F. The minimum Gasteiger partial charge on any atom is -0.380 e. The fourth-order valence-corrected chi connectivity index (χ4v) is 1.40. The molecule has 0 fully saturated rings. The molecule has 0 atom stereocenters. The predicted octanol–water partition coefficient (Wildman–Crippen LogP) is 2.25. The first-order valence-electron chi connectivity index (χ1n) is 4.36. The van der Waals surface area contributed by atoms with Gasteiger partial charge in [-0.15, -0.1) is 0 Å². The van der Waals surface area contributed by atoms with E-state index in [0.717, 1.165) is 0 Å².